The van der Waals surface area contributed by atoms with Crippen molar-refractivity contribution in [2.75, 3.05) is 0 Å². The van der Waals surface area contributed by atoms with Crippen molar-refractivity contribution < 1.29 is 9.53 Å². The molecule has 2 nitrogen and oxygen atoms in total. The molecule has 0 spiro atoms. The molecule has 0 aromatic heterocycles. The molecule has 128 valence electrons. The van der Waals surface area contributed by atoms with Gasteiger partial charge in [0, 0.05) is 0 Å². The number of carbonyl (C=O) groups excluding carboxylic acids is 1. The molecular formula is C21H32O2. The maximum absolute atomic E-state index is 12.2. The molecule has 23 heavy (non-hydrogen) atoms. The first-order chi connectivity index (χ1) is 11.0. The van der Waals surface area contributed by atoms with E-state index in [-0.39, 0.29) is 11.9 Å². The lowest BCUT2D eigenvalue weighted by atomic mass is 9.82. The lowest BCUT2D eigenvalue weighted by molar-refractivity contribution is -0.139. The van der Waals surface area contributed by atoms with E-state index in [1.165, 1.54) is 18.4 Å². The Morgan fingerprint density at radius 2 is 1.65 bits per heavy atom. The SMILES string of the molecule is CC(C)CC(c1ccc(OC(=O)C2CCCCC2)cc1)C(C)C. The van der Waals surface area contributed by atoms with E-state index < -0.39 is 0 Å². The summed E-state index contributed by atoms with van der Waals surface area (Å²) in [7, 11) is 0. The van der Waals surface area contributed by atoms with Crippen LogP contribution in [0, 0.1) is 17.8 Å². The van der Waals surface area contributed by atoms with Gasteiger partial charge in [-0.2, -0.15) is 0 Å². The summed E-state index contributed by atoms with van der Waals surface area (Å²) in [5, 5.41) is 0. The first-order valence-electron chi connectivity index (χ1n) is 9.29. The summed E-state index contributed by atoms with van der Waals surface area (Å²) in [6.07, 6.45) is 6.74. The first kappa shape index (κ1) is 18.0. The fraction of sp³-hybridized carbons (Fsp3) is 0.667. The van der Waals surface area contributed by atoms with Crippen molar-refractivity contribution in [2.45, 2.75) is 72.1 Å². The number of esters is 1. The molecule has 0 N–H and O–H groups in total. The van der Waals surface area contributed by atoms with Gasteiger partial charge in [0.1, 0.15) is 5.75 Å². The van der Waals surface area contributed by atoms with E-state index in [4.69, 9.17) is 4.74 Å². The Labute approximate surface area is 141 Å². The Kier molecular flexibility index (Phi) is 6.68. The van der Waals surface area contributed by atoms with Gasteiger partial charge in [0.25, 0.3) is 0 Å². The van der Waals surface area contributed by atoms with Gasteiger partial charge in [-0.25, -0.2) is 0 Å². The minimum Gasteiger partial charge on any atom is -0.426 e. The largest absolute Gasteiger partial charge is 0.426 e. The van der Waals surface area contributed by atoms with Crippen molar-refractivity contribution in [3.63, 3.8) is 0 Å². The van der Waals surface area contributed by atoms with Gasteiger partial charge in [0.15, 0.2) is 0 Å². The van der Waals surface area contributed by atoms with Crippen LogP contribution in [0.1, 0.15) is 77.7 Å². The van der Waals surface area contributed by atoms with Gasteiger partial charge < -0.3 is 4.74 Å². The number of rotatable bonds is 6. The molecule has 0 bridgehead atoms. The standard InChI is InChI=1S/C21H32O2/c1-15(2)14-20(16(3)4)17-10-12-19(13-11-17)23-21(22)18-8-6-5-7-9-18/h10-13,15-16,18,20H,5-9,14H2,1-4H3. The smallest absolute Gasteiger partial charge is 0.314 e. The van der Waals surface area contributed by atoms with E-state index in [1.807, 2.05) is 12.1 Å². The van der Waals surface area contributed by atoms with Crippen molar-refractivity contribution in [3.8, 4) is 5.75 Å². The van der Waals surface area contributed by atoms with Gasteiger partial charge in [0.2, 0.25) is 0 Å². The van der Waals surface area contributed by atoms with Gasteiger partial charge in [0.05, 0.1) is 5.92 Å². The van der Waals surface area contributed by atoms with Crippen LogP contribution in [0.15, 0.2) is 24.3 Å². The summed E-state index contributed by atoms with van der Waals surface area (Å²) in [6.45, 7) is 9.11. The van der Waals surface area contributed by atoms with E-state index in [2.05, 4.69) is 39.8 Å². The summed E-state index contributed by atoms with van der Waals surface area (Å²) < 4.78 is 5.59. The Morgan fingerprint density at radius 1 is 1.04 bits per heavy atom. The zero-order valence-corrected chi connectivity index (χ0v) is 15.2. The minimum absolute atomic E-state index is 0.0416. The van der Waals surface area contributed by atoms with Crippen molar-refractivity contribution >= 4 is 5.97 Å². The lowest BCUT2D eigenvalue weighted by Gasteiger charge is -2.24. The van der Waals surface area contributed by atoms with Crippen LogP contribution in [0.2, 0.25) is 0 Å². The zero-order valence-electron chi connectivity index (χ0n) is 15.2. The molecule has 1 aliphatic carbocycles. The number of ether oxygens (including phenoxy) is 1. The highest BCUT2D eigenvalue weighted by Gasteiger charge is 2.23. The summed E-state index contributed by atoms with van der Waals surface area (Å²) in [5.74, 6) is 2.63. The van der Waals surface area contributed by atoms with E-state index in [0.717, 1.165) is 25.7 Å². The Morgan fingerprint density at radius 3 is 2.17 bits per heavy atom. The first-order valence-corrected chi connectivity index (χ1v) is 9.29. The zero-order chi connectivity index (χ0) is 16.8. The third-order valence-corrected chi connectivity index (χ3v) is 5.00. The molecule has 1 aromatic carbocycles. The molecule has 2 rings (SSSR count). The van der Waals surface area contributed by atoms with Crippen molar-refractivity contribution in [3.05, 3.63) is 29.8 Å². The quantitative estimate of drug-likeness (QED) is 0.478. The van der Waals surface area contributed by atoms with Crippen molar-refractivity contribution in [2.24, 2.45) is 17.8 Å². The van der Waals surface area contributed by atoms with Crippen LogP contribution in [0.4, 0.5) is 0 Å². The predicted molar refractivity (Wildman–Crippen MR) is 95.7 cm³/mol. The topological polar surface area (TPSA) is 26.3 Å². The molecule has 0 heterocycles. The monoisotopic (exact) mass is 316 g/mol. The third kappa shape index (κ3) is 5.37. The fourth-order valence-corrected chi connectivity index (χ4v) is 3.62. The molecule has 0 radical (unpaired) electrons. The second kappa shape index (κ2) is 8.52. The van der Waals surface area contributed by atoms with Crippen LogP contribution in [-0.4, -0.2) is 5.97 Å². The fourth-order valence-electron chi connectivity index (χ4n) is 3.62. The molecule has 0 amide bonds. The van der Waals surface area contributed by atoms with Crippen LogP contribution in [0.5, 0.6) is 5.75 Å². The Hall–Kier alpha value is -1.31. The highest BCUT2D eigenvalue weighted by molar-refractivity contribution is 5.75. The number of hydrogen-bond donors (Lipinski definition) is 0. The molecule has 1 aliphatic rings. The van der Waals surface area contributed by atoms with E-state index in [0.29, 0.717) is 23.5 Å². The number of carbonyl (C=O) groups is 1. The average molecular weight is 316 g/mol. The van der Waals surface area contributed by atoms with Gasteiger partial charge >= 0.3 is 5.97 Å². The van der Waals surface area contributed by atoms with Crippen LogP contribution in [-0.2, 0) is 4.79 Å². The molecule has 1 saturated carbocycles. The molecule has 0 saturated heterocycles. The van der Waals surface area contributed by atoms with E-state index in [1.54, 1.807) is 0 Å². The molecule has 1 fully saturated rings. The van der Waals surface area contributed by atoms with Gasteiger partial charge in [-0.05, 0) is 54.7 Å². The second-order valence-electron chi connectivity index (χ2n) is 7.81. The third-order valence-electron chi connectivity index (χ3n) is 5.00. The summed E-state index contributed by atoms with van der Waals surface area (Å²) in [4.78, 5) is 12.2. The van der Waals surface area contributed by atoms with Gasteiger partial charge in [-0.3, -0.25) is 4.79 Å². The Bertz CT molecular complexity index is 481. The highest BCUT2D eigenvalue weighted by atomic mass is 16.5. The van der Waals surface area contributed by atoms with Crippen LogP contribution < -0.4 is 4.74 Å². The minimum atomic E-state index is -0.0416. The van der Waals surface area contributed by atoms with E-state index in [9.17, 15) is 4.79 Å². The number of benzene rings is 1. The normalized spacial score (nSPS) is 17.5. The van der Waals surface area contributed by atoms with Crippen LogP contribution in [0.25, 0.3) is 0 Å². The summed E-state index contributed by atoms with van der Waals surface area (Å²) in [5.41, 5.74) is 1.35. The van der Waals surface area contributed by atoms with Crippen LogP contribution >= 0.6 is 0 Å². The maximum atomic E-state index is 12.2. The van der Waals surface area contributed by atoms with Crippen molar-refractivity contribution in [1.29, 1.82) is 0 Å². The number of hydrogen-bond acceptors (Lipinski definition) is 2. The molecule has 1 unspecified atom stereocenters. The van der Waals surface area contributed by atoms with Gasteiger partial charge in [-0.15, -0.1) is 0 Å². The Balaban J connectivity index is 1.99. The second-order valence-corrected chi connectivity index (χ2v) is 7.81. The highest BCUT2D eigenvalue weighted by Crippen LogP contribution is 2.32. The molecular weight excluding hydrogens is 284 g/mol. The molecule has 1 atom stereocenters. The van der Waals surface area contributed by atoms with Gasteiger partial charge in [-0.1, -0.05) is 59.1 Å². The predicted octanol–water partition coefficient (Wildman–Crippen LogP) is 5.96. The molecule has 2 heteroatoms. The van der Waals surface area contributed by atoms with Crippen LogP contribution in [0.3, 0.4) is 0 Å². The van der Waals surface area contributed by atoms with Crippen molar-refractivity contribution in [1.82, 2.24) is 0 Å². The van der Waals surface area contributed by atoms with E-state index >= 15 is 0 Å². The summed E-state index contributed by atoms with van der Waals surface area (Å²) in [6, 6.07) is 8.20. The lowest BCUT2D eigenvalue weighted by Crippen LogP contribution is -2.22. The molecule has 0 aliphatic heterocycles. The molecule has 1 aromatic rings. The average Bonchev–Trinajstić information content (AvgIpc) is 2.54. The maximum Gasteiger partial charge on any atom is 0.314 e. The summed E-state index contributed by atoms with van der Waals surface area (Å²) >= 11 is 0.